The minimum Gasteiger partial charge on any atom is -0.309 e. The Balaban J connectivity index is 1.98. The van der Waals surface area contributed by atoms with Crippen molar-refractivity contribution in [1.82, 2.24) is 5.32 Å². The normalized spacial score (nSPS) is 19.0. The second-order valence-electron chi connectivity index (χ2n) is 3.18. The lowest BCUT2D eigenvalue weighted by molar-refractivity contribution is -0.110. The van der Waals surface area contributed by atoms with Gasteiger partial charge in [-0.25, -0.2) is 0 Å². The minimum absolute atomic E-state index is 0.0667. The highest BCUT2D eigenvalue weighted by Gasteiger charge is 2.13. The maximum Gasteiger partial charge on any atom is 0.199 e. The van der Waals surface area contributed by atoms with Crippen LogP contribution in [0.5, 0.6) is 0 Å². The topological polar surface area (TPSA) is 29.1 Å². The molecule has 1 aliphatic rings. The maximum atomic E-state index is 10.4. The van der Waals surface area contributed by atoms with Crippen molar-refractivity contribution in [2.45, 2.75) is 25.7 Å². The zero-order valence-corrected chi connectivity index (χ0v) is 7.57. The van der Waals surface area contributed by atoms with Crippen LogP contribution in [0.3, 0.4) is 0 Å². The molecule has 1 rings (SSSR count). The second kappa shape index (κ2) is 4.78. The fourth-order valence-electron chi connectivity index (χ4n) is 1.60. The lowest BCUT2D eigenvalue weighted by Gasteiger charge is -2.07. The van der Waals surface area contributed by atoms with Crippen LogP contribution in [0.25, 0.3) is 0 Å². The van der Waals surface area contributed by atoms with E-state index in [4.69, 9.17) is 0 Å². The average Bonchev–Trinajstić information content (AvgIpc) is 2.39. The number of hydrogen-bond acceptors (Lipinski definition) is 2. The lowest BCUT2D eigenvalue weighted by atomic mass is 10.1. The van der Waals surface area contributed by atoms with Gasteiger partial charge in [0.25, 0.3) is 0 Å². The summed E-state index contributed by atoms with van der Waals surface area (Å²) in [6.07, 6.45) is 5.38. The van der Waals surface area contributed by atoms with E-state index < -0.39 is 0 Å². The Labute approximate surface area is 73.2 Å². The number of nitrogens with one attached hydrogen (secondary N) is 1. The van der Waals surface area contributed by atoms with Crippen LogP contribution >= 0.6 is 12.6 Å². The first-order chi connectivity index (χ1) is 5.29. The highest BCUT2D eigenvalue weighted by molar-refractivity contribution is 7.96. The third-order valence-corrected chi connectivity index (χ3v) is 2.34. The van der Waals surface area contributed by atoms with E-state index in [1.54, 1.807) is 0 Å². The Bertz CT molecular complexity index is 132. The molecule has 64 valence electrons. The Morgan fingerprint density at radius 2 is 2.09 bits per heavy atom. The van der Waals surface area contributed by atoms with Crippen molar-refractivity contribution in [3.8, 4) is 0 Å². The monoisotopic (exact) mass is 173 g/mol. The molecule has 0 aliphatic heterocycles. The van der Waals surface area contributed by atoms with E-state index in [9.17, 15) is 4.79 Å². The average molecular weight is 173 g/mol. The highest BCUT2D eigenvalue weighted by atomic mass is 32.1. The summed E-state index contributed by atoms with van der Waals surface area (Å²) in [6.45, 7) is 1.41. The second-order valence-corrected chi connectivity index (χ2v) is 3.67. The van der Waals surface area contributed by atoms with Gasteiger partial charge in [-0.2, -0.15) is 0 Å². The third-order valence-electron chi connectivity index (χ3n) is 2.18. The number of rotatable bonds is 4. The van der Waals surface area contributed by atoms with Gasteiger partial charge in [-0.3, -0.25) is 4.79 Å². The molecule has 1 aliphatic carbocycles. The summed E-state index contributed by atoms with van der Waals surface area (Å²) in [7, 11) is 0. The summed E-state index contributed by atoms with van der Waals surface area (Å²) in [4.78, 5) is 10.4. The molecule has 0 aromatic carbocycles. The molecule has 0 aromatic rings. The van der Waals surface area contributed by atoms with Crippen LogP contribution in [0.15, 0.2) is 0 Å². The zero-order valence-electron chi connectivity index (χ0n) is 6.68. The van der Waals surface area contributed by atoms with Gasteiger partial charge in [-0.05, 0) is 25.3 Å². The molecular weight excluding hydrogens is 158 g/mol. The SMILES string of the molecule is O=C(S)CNCC1CCCC1. The van der Waals surface area contributed by atoms with Gasteiger partial charge in [-0.1, -0.05) is 12.8 Å². The summed E-state index contributed by atoms with van der Waals surface area (Å²) in [5.74, 6) is 0.808. The van der Waals surface area contributed by atoms with Crippen molar-refractivity contribution in [2.24, 2.45) is 5.92 Å². The molecule has 0 atom stereocenters. The summed E-state index contributed by atoms with van der Waals surface area (Å²) in [5.41, 5.74) is 0. The number of thiol groups is 1. The fraction of sp³-hybridized carbons (Fsp3) is 0.875. The van der Waals surface area contributed by atoms with Gasteiger partial charge in [0.05, 0.1) is 6.54 Å². The first-order valence-corrected chi connectivity index (χ1v) is 4.66. The van der Waals surface area contributed by atoms with Crippen LogP contribution in [-0.4, -0.2) is 18.2 Å². The molecule has 0 heterocycles. The molecule has 0 unspecified atom stereocenters. The Morgan fingerprint density at radius 3 is 2.64 bits per heavy atom. The van der Waals surface area contributed by atoms with Crippen LogP contribution in [-0.2, 0) is 4.79 Å². The molecule has 0 radical (unpaired) electrons. The maximum absolute atomic E-state index is 10.4. The first kappa shape index (κ1) is 9.07. The van der Waals surface area contributed by atoms with Gasteiger partial charge < -0.3 is 5.32 Å². The van der Waals surface area contributed by atoms with E-state index in [0.717, 1.165) is 12.5 Å². The number of carbonyl (C=O) groups excluding carboxylic acids is 1. The van der Waals surface area contributed by atoms with Crippen molar-refractivity contribution >= 4 is 17.7 Å². The Morgan fingerprint density at radius 1 is 1.45 bits per heavy atom. The van der Waals surface area contributed by atoms with Crippen molar-refractivity contribution in [3.05, 3.63) is 0 Å². The van der Waals surface area contributed by atoms with Crippen LogP contribution in [0.1, 0.15) is 25.7 Å². The zero-order chi connectivity index (χ0) is 8.10. The van der Waals surface area contributed by atoms with Gasteiger partial charge in [0, 0.05) is 0 Å². The molecular formula is C8H15NOS. The van der Waals surface area contributed by atoms with Crippen molar-refractivity contribution in [3.63, 3.8) is 0 Å². The molecule has 3 heteroatoms. The molecule has 0 saturated heterocycles. The van der Waals surface area contributed by atoms with E-state index in [1.807, 2.05) is 0 Å². The molecule has 2 nitrogen and oxygen atoms in total. The summed E-state index contributed by atoms with van der Waals surface area (Å²) >= 11 is 3.67. The Hall–Kier alpha value is -0.0200. The molecule has 0 spiro atoms. The van der Waals surface area contributed by atoms with Crippen LogP contribution in [0.2, 0.25) is 0 Å². The Kier molecular flexibility index (Phi) is 3.94. The largest absolute Gasteiger partial charge is 0.309 e. The highest BCUT2D eigenvalue weighted by Crippen LogP contribution is 2.23. The third kappa shape index (κ3) is 3.77. The van der Waals surface area contributed by atoms with Crippen molar-refractivity contribution in [1.29, 1.82) is 0 Å². The summed E-state index contributed by atoms with van der Waals surface area (Å²) in [5, 5.41) is 3.03. The first-order valence-electron chi connectivity index (χ1n) is 4.21. The predicted molar refractivity (Wildman–Crippen MR) is 48.8 cm³/mol. The number of carbonyl (C=O) groups is 1. The van der Waals surface area contributed by atoms with Crippen molar-refractivity contribution in [2.75, 3.05) is 13.1 Å². The fourth-order valence-corrected chi connectivity index (χ4v) is 1.71. The van der Waals surface area contributed by atoms with Gasteiger partial charge >= 0.3 is 0 Å². The minimum atomic E-state index is -0.0667. The van der Waals surface area contributed by atoms with Gasteiger partial charge in [0.1, 0.15) is 0 Å². The molecule has 1 saturated carbocycles. The standard InChI is InChI=1S/C8H15NOS/c10-8(11)6-9-5-7-3-1-2-4-7/h7,9H,1-6H2,(H,10,11). The molecule has 11 heavy (non-hydrogen) atoms. The lowest BCUT2D eigenvalue weighted by Crippen LogP contribution is -2.25. The van der Waals surface area contributed by atoms with Gasteiger partial charge in [0.15, 0.2) is 5.12 Å². The van der Waals surface area contributed by atoms with E-state index in [0.29, 0.717) is 6.54 Å². The molecule has 1 fully saturated rings. The van der Waals surface area contributed by atoms with Gasteiger partial charge in [-0.15, -0.1) is 12.6 Å². The van der Waals surface area contributed by atoms with Crippen LogP contribution in [0.4, 0.5) is 0 Å². The molecule has 1 N–H and O–H groups in total. The molecule has 0 amide bonds. The quantitative estimate of drug-likeness (QED) is 0.626. The van der Waals surface area contributed by atoms with E-state index in [-0.39, 0.29) is 5.12 Å². The van der Waals surface area contributed by atoms with E-state index in [2.05, 4.69) is 17.9 Å². The predicted octanol–water partition coefficient (Wildman–Crippen LogP) is 1.22. The van der Waals surface area contributed by atoms with Crippen LogP contribution < -0.4 is 5.32 Å². The van der Waals surface area contributed by atoms with Crippen molar-refractivity contribution < 1.29 is 4.79 Å². The van der Waals surface area contributed by atoms with E-state index in [1.165, 1.54) is 25.7 Å². The molecule has 0 bridgehead atoms. The summed E-state index contributed by atoms with van der Waals surface area (Å²) < 4.78 is 0. The number of hydrogen-bond donors (Lipinski definition) is 2. The van der Waals surface area contributed by atoms with Crippen LogP contribution in [0, 0.1) is 5.92 Å². The smallest absolute Gasteiger partial charge is 0.199 e. The van der Waals surface area contributed by atoms with Gasteiger partial charge in [0.2, 0.25) is 0 Å². The molecule has 0 aromatic heterocycles. The summed E-state index contributed by atoms with van der Waals surface area (Å²) in [6, 6.07) is 0. The van der Waals surface area contributed by atoms with E-state index >= 15 is 0 Å².